The predicted molar refractivity (Wildman–Crippen MR) is 28.3 cm³/mol. The van der Waals surface area contributed by atoms with Gasteiger partial charge in [-0.25, -0.2) is 0 Å². The van der Waals surface area contributed by atoms with Crippen molar-refractivity contribution in [3.05, 3.63) is 0 Å². The fraction of sp³-hybridized carbons (Fsp3) is 0.500. The largest absolute Gasteiger partial charge is 1.00 e. The number of carbonyl (C=O) groups is 2. The molecule has 0 fully saturated rings. The Bertz CT molecular complexity index is 101. The maximum Gasteiger partial charge on any atom is 1.00 e. The molecule has 0 aliphatic carbocycles. The molecule has 6 heteroatoms. The summed E-state index contributed by atoms with van der Waals surface area (Å²) in [5.74, 6) is -1.56. The van der Waals surface area contributed by atoms with Crippen LogP contribution in [0.1, 0.15) is 13.8 Å². The summed E-state index contributed by atoms with van der Waals surface area (Å²) in [6, 6.07) is 0. The van der Waals surface area contributed by atoms with Gasteiger partial charge in [0.1, 0.15) is 11.9 Å². The summed E-state index contributed by atoms with van der Waals surface area (Å²) in [6.07, 6.45) is 0. The van der Waals surface area contributed by atoms with Gasteiger partial charge in [-0.1, -0.05) is 0 Å². The Hall–Kier alpha value is 0.230. The van der Waals surface area contributed by atoms with E-state index in [1.807, 2.05) is 0 Å². The molecule has 0 radical (unpaired) electrons. The monoisotopic (exact) mass is 176 g/mol. The van der Waals surface area contributed by atoms with Crippen molar-refractivity contribution in [3.8, 4) is 0 Å². The van der Waals surface area contributed by atoms with Gasteiger partial charge < -0.3 is 14.2 Å². The molecule has 0 amide bonds. The summed E-state index contributed by atoms with van der Waals surface area (Å²) in [5.41, 5.74) is 0. The normalized spacial score (nSPS) is 5.90. The summed E-state index contributed by atoms with van der Waals surface area (Å²) >= 11 is 4.49. The van der Waals surface area contributed by atoms with E-state index >= 15 is 0 Å². The second-order valence-electron chi connectivity index (χ2n) is 1.06. The second kappa shape index (κ2) is 12.0. The molecule has 0 aromatic carbocycles. The van der Waals surface area contributed by atoms with Crippen molar-refractivity contribution in [3.63, 3.8) is 0 Å². The predicted octanol–water partition coefficient (Wildman–Crippen LogP) is -3.54. The molecule has 0 rings (SSSR count). The SMILES string of the molecule is CC(=O)OCl.CC(=O)[O-].[Na+]. The molecule has 0 N–H and O–H groups in total. The van der Waals surface area contributed by atoms with E-state index in [4.69, 9.17) is 9.90 Å². The van der Waals surface area contributed by atoms with Crippen LogP contribution in [0.4, 0.5) is 0 Å². The van der Waals surface area contributed by atoms with E-state index in [9.17, 15) is 4.79 Å². The van der Waals surface area contributed by atoms with Crippen LogP contribution in [0.25, 0.3) is 0 Å². The maximum absolute atomic E-state index is 9.46. The molecule has 0 heterocycles. The van der Waals surface area contributed by atoms with Crippen LogP contribution >= 0.6 is 11.9 Å². The van der Waals surface area contributed by atoms with Crippen LogP contribution < -0.4 is 34.7 Å². The summed E-state index contributed by atoms with van der Waals surface area (Å²) in [5, 5.41) is 8.89. The summed E-state index contributed by atoms with van der Waals surface area (Å²) in [4.78, 5) is 18.3. The maximum atomic E-state index is 9.46. The molecular formula is C4H6ClNaO4. The Morgan fingerprint density at radius 1 is 1.40 bits per heavy atom. The Kier molecular flexibility index (Phi) is 19.9. The number of carboxylic acids is 1. The summed E-state index contributed by atoms with van der Waals surface area (Å²) in [7, 11) is 0. The molecule has 4 nitrogen and oxygen atoms in total. The first-order valence-corrected chi connectivity index (χ1v) is 2.28. The van der Waals surface area contributed by atoms with Gasteiger partial charge in [0.05, 0.1) is 0 Å². The Morgan fingerprint density at radius 2 is 1.50 bits per heavy atom. The molecular weight excluding hydrogens is 170 g/mol. The fourth-order valence-corrected chi connectivity index (χ4v) is 0. The van der Waals surface area contributed by atoms with Crippen LogP contribution in [0.15, 0.2) is 0 Å². The van der Waals surface area contributed by atoms with Crippen LogP contribution in [-0.4, -0.2) is 11.9 Å². The van der Waals surface area contributed by atoms with Gasteiger partial charge >= 0.3 is 35.5 Å². The van der Waals surface area contributed by atoms with Crippen LogP contribution in [0, 0.1) is 0 Å². The summed E-state index contributed by atoms with van der Waals surface area (Å²) < 4.78 is 3.58. The second-order valence-corrected chi connectivity index (χ2v) is 1.21. The van der Waals surface area contributed by atoms with Crippen molar-refractivity contribution in [2.75, 3.05) is 0 Å². The zero-order valence-corrected chi connectivity index (χ0v) is 8.77. The minimum absolute atomic E-state index is 0. The van der Waals surface area contributed by atoms with E-state index in [0.29, 0.717) is 0 Å². The van der Waals surface area contributed by atoms with E-state index in [0.717, 1.165) is 6.92 Å². The topological polar surface area (TPSA) is 66.4 Å². The average Bonchev–Trinajstić information content (AvgIpc) is 1.65. The number of rotatable bonds is 0. The molecule has 0 bridgehead atoms. The summed E-state index contributed by atoms with van der Waals surface area (Å²) in [6.45, 7) is 2.20. The molecule has 0 aromatic rings. The van der Waals surface area contributed by atoms with Crippen molar-refractivity contribution in [1.82, 2.24) is 0 Å². The third-order valence-electron chi connectivity index (χ3n) is 0.109. The molecule has 0 aliphatic rings. The van der Waals surface area contributed by atoms with Gasteiger partial charge in [-0.05, 0) is 6.92 Å². The van der Waals surface area contributed by atoms with E-state index in [2.05, 4.69) is 16.2 Å². The minimum Gasteiger partial charge on any atom is -0.550 e. The molecule has 0 unspecified atom stereocenters. The van der Waals surface area contributed by atoms with Crippen molar-refractivity contribution in [1.29, 1.82) is 0 Å². The number of hydrogen-bond acceptors (Lipinski definition) is 4. The fourth-order valence-electron chi connectivity index (χ4n) is 0. The van der Waals surface area contributed by atoms with Gasteiger partial charge in [0.15, 0.2) is 0 Å². The van der Waals surface area contributed by atoms with Crippen molar-refractivity contribution in [2.45, 2.75) is 13.8 Å². The van der Waals surface area contributed by atoms with Gasteiger partial charge in [0.2, 0.25) is 0 Å². The molecule has 0 saturated heterocycles. The molecule has 0 atom stereocenters. The number of halogens is 1. The van der Waals surface area contributed by atoms with Gasteiger partial charge in [-0.2, -0.15) is 0 Å². The standard InChI is InChI=1S/C2H3ClO2.C2H4O2.Na/c1-2(4)5-3;1-2(3)4;/h1H3;1H3,(H,3,4);/q;;+1/p-1. The molecule has 10 heavy (non-hydrogen) atoms. The molecule has 54 valence electrons. The van der Waals surface area contributed by atoms with E-state index < -0.39 is 11.9 Å². The quantitative estimate of drug-likeness (QED) is 0.359. The Balaban J connectivity index is -0.0000000910. The van der Waals surface area contributed by atoms with E-state index in [1.165, 1.54) is 6.92 Å². The number of carboxylic acid groups (broad SMARTS) is 1. The first-order valence-electron chi connectivity index (χ1n) is 1.97. The molecule has 0 saturated carbocycles. The van der Waals surface area contributed by atoms with E-state index in [-0.39, 0.29) is 29.6 Å². The van der Waals surface area contributed by atoms with E-state index in [1.54, 1.807) is 0 Å². The van der Waals surface area contributed by atoms with Gasteiger partial charge in [-0.3, -0.25) is 4.79 Å². The average molecular weight is 177 g/mol. The Labute approximate surface area is 86.0 Å². The van der Waals surface area contributed by atoms with Crippen molar-refractivity contribution in [2.24, 2.45) is 0 Å². The minimum atomic E-state index is -1.08. The molecule has 0 aliphatic heterocycles. The van der Waals surface area contributed by atoms with Crippen LogP contribution in [0.2, 0.25) is 0 Å². The number of aliphatic carboxylic acids is 1. The third-order valence-corrected chi connectivity index (χ3v) is 0.326. The van der Waals surface area contributed by atoms with Gasteiger partial charge in [-0.15, -0.1) is 0 Å². The number of carbonyl (C=O) groups excluding carboxylic acids is 2. The zero-order chi connectivity index (χ0) is 7.86. The zero-order valence-electron chi connectivity index (χ0n) is 6.01. The van der Waals surface area contributed by atoms with Crippen LogP contribution in [0.5, 0.6) is 0 Å². The van der Waals surface area contributed by atoms with Crippen LogP contribution in [-0.2, 0) is 13.9 Å². The van der Waals surface area contributed by atoms with Gasteiger partial charge in [0, 0.05) is 12.9 Å². The smallest absolute Gasteiger partial charge is 0.550 e. The third kappa shape index (κ3) is 86.5. The first kappa shape index (κ1) is 16.7. The van der Waals surface area contributed by atoms with Crippen molar-refractivity contribution >= 4 is 23.8 Å². The molecule has 0 spiro atoms. The van der Waals surface area contributed by atoms with Gasteiger partial charge in [0.25, 0.3) is 0 Å². The van der Waals surface area contributed by atoms with Crippen molar-refractivity contribution < 1.29 is 48.5 Å². The van der Waals surface area contributed by atoms with Crippen LogP contribution in [0.3, 0.4) is 0 Å². The first-order chi connectivity index (χ1) is 4.00. The number of hydrogen-bond donors (Lipinski definition) is 0. The molecule has 0 aromatic heterocycles. The Morgan fingerprint density at radius 3 is 1.50 bits per heavy atom.